The van der Waals surface area contributed by atoms with Gasteiger partial charge in [-0.25, -0.2) is 4.99 Å². The van der Waals surface area contributed by atoms with Crippen molar-refractivity contribution in [1.29, 1.82) is 0 Å². The van der Waals surface area contributed by atoms with Gasteiger partial charge in [0.05, 0.1) is 20.2 Å². The predicted molar refractivity (Wildman–Crippen MR) is 109 cm³/mol. The van der Waals surface area contributed by atoms with Crippen LogP contribution in [0.4, 0.5) is 0 Å². The molecule has 0 aliphatic rings. The summed E-state index contributed by atoms with van der Waals surface area (Å²) in [6, 6.07) is 13.3. The number of nitrogens with one attached hydrogen (secondary N) is 1. The maximum Gasteiger partial charge on any atom is 0.194 e. The van der Waals surface area contributed by atoms with Gasteiger partial charge in [-0.1, -0.05) is 23.8 Å². The van der Waals surface area contributed by atoms with Crippen LogP contribution in [0.15, 0.2) is 47.5 Å². The molecule has 0 amide bonds. The maximum atomic E-state index is 9.89. The van der Waals surface area contributed by atoms with Crippen molar-refractivity contribution >= 4 is 5.96 Å². The van der Waals surface area contributed by atoms with E-state index >= 15 is 0 Å². The van der Waals surface area contributed by atoms with Gasteiger partial charge in [0.15, 0.2) is 17.5 Å². The lowest BCUT2D eigenvalue weighted by Gasteiger charge is -2.22. The van der Waals surface area contributed by atoms with Gasteiger partial charge in [-0.2, -0.15) is 0 Å². The zero-order valence-corrected chi connectivity index (χ0v) is 16.5. The lowest BCUT2D eigenvalue weighted by Crippen LogP contribution is -2.40. The van der Waals surface area contributed by atoms with Gasteiger partial charge in [-0.3, -0.25) is 0 Å². The molecule has 146 valence electrons. The Balaban J connectivity index is 1.92. The molecule has 0 unspecified atom stereocenters. The number of phenolic OH excluding ortho intramolecular Hbond substituents is 1. The highest BCUT2D eigenvalue weighted by Gasteiger charge is 2.07. The fourth-order valence-electron chi connectivity index (χ4n) is 2.51. The van der Waals surface area contributed by atoms with Crippen LogP contribution in [0.2, 0.25) is 0 Å². The molecule has 0 aliphatic carbocycles. The first-order valence-corrected chi connectivity index (χ1v) is 9.08. The summed E-state index contributed by atoms with van der Waals surface area (Å²) in [5.74, 6) is 2.24. The Morgan fingerprint density at radius 3 is 2.56 bits per heavy atom. The number of methoxy groups -OCH3 is 1. The van der Waals surface area contributed by atoms with E-state index in [9.17, 15) is 5.11 Å². The van der Waals surface area contributed by atoms with E-state index in [-0.39, 0.29) is 5.75 Å². The third-order valence-corrected chi connectivity index (χ3v) is 4.07. The minimum Gasteiger partial charge on any atom is -0.504 e. The number of hydrogen-bond acceptors (Lipinski definition) is 4. The van der Waals surface area contributed by atoms with Gasteiger partial charge in [0.25, 0.3) is 0 Å². The van der Waals surface area contributed by atoms with Crippen LogP contribution in [-0.2, 0) is 6.54 Å². The van der Waals surface area contributed by atoms with Crippen molar-refractivity contribution in [3.8, 4) is 17.2 Å². The van der Waals surface area contributed by atoms with Gasteiger partial charge < -0.3 is 24.8 Å². The molecular formula is C21H29N3O3. The van der Waals surface area contributed by atoms with E-state index in [4.69, 9.17) is 9.47 Å². The number of guanidine groups is 1. The van der Waals surface area contributed by atoms with E-state index in [2.05, 4.69) is 17.2 Å². The third-order valence-electron chi connectivity index (χ3n) is 4.07. The second-order valence-corrected chi connectivity index (χ2v) is 6.26. The second kappa shape index (κ2) is 10.3. The summed E-state index contributed by atoms with van der Waals surface area (Å²) in [4.78, 5) is 6.67. The molecule has 0 spiro atoms. The summed E-state index contributed by atoms with van der Waals surface area (Å²) in [5.41, 5.74) is 2.12. The van der Waals surface area contributed by atoms with E-state index in [0.717, 1.165) is 23.8 Å². The summed E-state index contributed by atoms with van der Waals surface area (Å²) in [7, 11) is 3.51. The molecular weight excluding hydrogens is 342 g/mol. The number of hydrogen-bond donors (Lipinski definition) is 2. The minimum atomic E-state index is 0.120. The number of benzene rings is 2. The Morgan fingerprint density at radius 1 is 1.19 bits per heavy atom. The van der Waals surface area contributed by atoms with E-state index < -0.39 is 0 Å². The summed E-state index contributed by atoms with van der Waals surface area (Å²) in [6.45, 7) is 6.59. The normalized spacial score (nSPS) is 11.2. The Labute approximate surface area is 161 Å². The summed E-state index contributed by atoms with van der Waals surface area (Å²) < 4.78 is 10.9. The van der Waals surface area contributed by atoms with Crippen molar-refractivity contribution in [3.05, 3.63) is 53.6 Å². The van der Waals surface area contributed by atoms with E-state index in [0.29, 0.717) is 25.4 Å². The number of aromatic hydroxyl groups is 1. The molecule has 0 radical (unpaired) electrons. The zero-order chi connectivity index (χ0) is 19.6. The molecule has 0 aromatic heterocycles. The van der Waals surface area contributed by atoms with E-state index in [1.165, 1.54) is 12.7 Å². The van der Waals surface area contributed by atoms with Crippen LogP contribution in [0.5, 0.6) is 17.2 Å². The van der Waals surface area contributed by atoms with Gasteiger partial charge in [0.1, 0.15) is 12.4 Å². The topological polar surface area (TPSA) is 66.3 Å². The smallest absolute Gasteiger partial charge is 0.194 e. The quantitative estimate of drug-likeness (QED) is 0.551. The molecule has 0 fully saturated rings. The second-order valence-electron chi connectivity index (χ2n) is 6.26. The molecule has 0 aliphatic heterocycles. The number of nitrogens with zero attached hydrogens (tertiary/aromatic N) is 2. The van der Waals surface area contributed by atoms with Crippen molar-refractivity contribution in [3.63, 3.8) is 0 Å². The highest BCUT2D eigenvalue weighted by atomic mass is 16.5. The molecule has 0 heterocycles. The molecule has 2 aromatic carbocycles. The number of aliphatic imine (C=N–C) groups is 1. The standard InChI is InChI=1S/C21H29N3O3/c1-5-22-21(23-15-17-8-11-20(26-4)19(25)14-17)24(3)12-13-27-18-9-6-16(2)7-10-18/h6-11,14,25H,5,12-13,15H2,1-4H3,(H,22,23). The van der Waals surface area contributed by atoms with Gasteiger partial charge in [-0.05, 0) is 43.7 Å². The van der Waals surface area contributed by atoms with Gasteiger partial charge >= 0.3 is 0 Å². The monoisotopic (exact) mass is 371 g/mol. The van der Waals surface area contributed by atoms with Crippen LogP contribution in [0, 0.1) is 6.92 Å². The van der Waals surface area contributed by atoms with Crippen LogP contribution < -0.4 is 14.8 Å². The van der Waals surface area contributed by atoms with Gasteiger partial charge in [0.2, 0.25) is 0 Å². The molecule has 0 atom stereocenters. The molecule has 2 rings (SSSR count). The number of phenols is 1. The molecule has 6 nitrogen and oxygen atoms in total. The molecule has 2 aromatic rings. The van der Waals surface area contributed by atoms with Gasteiger partial charge in [-0.15, -0.1) is 0 Å². The average Bonchev–Trinajstić information content (AvgIpc) is 2.66. The SMILES string of the molecule is CCNC(=NCc1ccc(OC)c(O)c1)N(C)CCOc1ccc(C)cc1. The van der Waals surface area contributed by atoms with Crippen LogP contribution in [0.1, 0.15) is 18.1 Å². The Bertz CT molecular complexity index is 745. The van der Waals surface area contributed by atoms with Crippen molar-refractivity contribution < 1.29 is 14.6 Å². The zero-order valence-electron chi connectivity index (χ0n) is 16.5. The number of rotatable bonds is 8. The van der Waals surface area contributed by atoms with Crippen LogP contribution in [0.3, 0.4) is 0 Å². The lowest BCUT2D eigenvalue weighted by molar-refractivity contribution is 0.281. The van der Waals surface area contributed by atoms with Crippen LogP contribution in [-0.4, -0.2) is 49.8 Å². The molecule has 27 heavy (non-hydrogen) atoms. The van der Waals surface area contributed by atoms with E-state index in [1.54, 1.807) is 12.1 Å². The summed E-state index contributed by atoms with van der Waals surface area (Å²) in [6.07, 6.45) is 0. The Kier molecular flexibility index (Phi) is 7.79. The Hall–Kier alpha value is -2.89. The van der Waals surface area contributed by atoms with E-state index in [1.807, 2.05) is 49.2 Å². The van der Waals surface area contributed by atoms with Crippen molar-refractivity contribution in [2.24, 2.45) is 4.99 Å². The first-order valence-electron chi connectivity index (χ1n) is 9.08. The number of likely N-dealkylation sites (N-methyl/N-ethyl adjacent to an activating group) is 1. The fraction of sp³-hybridized carbons (Fsp3) is 0.381. The van der Waals surface area contributed by atoms with Crippen molar-refractivity contribution in [2.75, 3.05) is 33.9 Å². The molecule has 0 saturated carbocycles. The first kappa shape index (κ1) is 20.4. The third kappa shape index (κ3) is 6.40. The summed E-state index contributed by atoms with van der Waals surface area (Å²) >= 11 is 0. The molecule has 2 N–H and O–H groups in total. The van der Waals surface area contributed by atoms with Crippen molar-refractivity contribution in [1.82, 2.24) is 10.2 Å². The van der Waals surface area contributed by atoms with Crippen LogP contribution in [0.25, 0.3) is 0 Å². The Morgan fingerprint density at radius 2 is 1.93 bits per heavy atom. The molecule has 6 heteroatoms. The minimum absolute atomic E-state index is 0.120. The average molecular weight is 371 g/mol. The first-order chi connectivity index (χ1) is 13.0. The largest absolute Gasteiger partial charge is 0.504 e. The fourth-order valence-corrected chi connectivity index (χ4v) is 2.51. The summed E-state index contributed by atoms with van der Waals surface area (Å²) in [5, 5.41) is 13.2. The number of ether oxygens (including phenoxy) is 2. The molecule has 0 saturated heterocycles. The highest BCUT2D eigenvalue weighted by molar-refractivity contribution is 5.79. The van der Waals surface area contributed by atoms with Crippen LogP contribution >= 0.6 is 0 Å². The predicted octanol–water partition coefficient (Wildman–Crippen LogP) is 3.19. The highest BCUT2D eigenvalue weighted by Crippen LogP contribution is 2.26. The van der Waals surface area contributed by atoms with Crippen molar-refractivity contribution in [2.45, 2.75) is 20.4 Å². The maximum absolute atomic E-state index is 9.89. The number of aryl methyl sites for hydroxylation is 1. The molecule has 0 bridgehead atoms. The van der Waals surface area contributed by atoms with Gasteiger partial charge in [0, 0.05) is 13.6 Å². The lowest BCUT2D eigenvalue weighted by atomic mass is 10.2.